The molecule has 7 heteroatoms. The highest BCUT2D eigenvalue weighted by molar-refractivity contribution is 8.01. The molecular formula is C18H17ClN2O3S. The molecule has 1 heterocycles. The molecule has 1 aliphatic rings. The summed E-state index contributed by atoms with van der Waals surface area (Å²) in [5, 5.41) is 2.59. The van der Waals surface area contributed by atoms with Crippen LogP contribution in [0.1, 0.15) is 24.1 Å². The van der Waals surface area contributed by atoms with Gasteiger partial charge >= 0.3 is 12.0 Å². The summed E-state index contributed by atoms with van der Waals surface area (Å²) in [6, 6.07) is 15.1. The van der Waals surface area contributed by atoms with Crippen LogP contribution in [0.3, 0.4) is 0 Å². The van der Waals surface area contributed by atoms with Crippen molar-refractivity contribution >= 4 is 35.4 Å². The molecule has 3 rings (SSSR count). The number of hydrogen-bond donors (Lipinski definition) is 2. The summed E-state index contributed by atoms with van der Waals surface area (Å²) in [7, 11) is 0. The highest BCUT2D eigenvalue weighted by atomic mass is 35.5. The van der Waals surface area contributed by atoms with Crippen LogP contribution >= 0.6 is 23.4 Å². The summed E-state index contributed by atoms with van der Waals surface area (Å²) in [6.07, 6.45) is 0. The van der Waals surface area contributed by atoms with E-state index in [-0.39, 0.29) is 0 Å². The minimum Gasteiger partial charge on any atom is -0.443 e. The number of carbonyl (C=O) groups is 2. The molecule has 0 aromatic heterocycles. The molecule has 2 aromatic rings. The van der Waals surface area contributed by atoms with Crippen LogP contribution < -0.4 is 11.1 Å². The number of halogens is 1. The maximum atomic E-state index is 12.6. The third kappa shape index (κ3) is 3.75. The lowest BCUT2D eigenvalue weighted by Gasteiger charge is -2.24. The first-order valence-electron chi connectivity index (χ1n) is 7.67. The molecule has 3 atom stereocenters. The van der Waals surface area contributed by atoms with Crippen molar-refractivity contribution in [2.45, 2.75) is 23.1 Å². The van der Waals surface area contributed by atoms with Crippen molar-refractivity contribution in [2.75, 3.05) is 0 Å². The lowest BCUT2D eigenvalue weighted by molar-refractivity contribution is -0.147. The van der Waals surface area contributed by atoms with Crippen molar-refractivity contribution in [3.63, 3.8) is 0 Å². The molecule has 2 amide bonds. The fraction of sp³-hybridized carbons (Fsp3) is 0.222. The summed E-state index contributed by atoms with van der Waals surface area (Å²) in [6.45, 7) is 1.84. The second-order valence-electron chi connectivity index (χ2n) is 5.81. The first-order valence-corrected chi connectivity index (χ1v) is 8.92. The van der Waals surface area contributed by atoms with E-state index in [4.69, 9.17) is 22.1 Å². The average Bonchev–Trinajstić information content (AvgIpc) is 2.90. The van der Waals surface area contributed by atoms with E-state index in [1.165, 1.54) is 11.8 Å². The Bertz CT molecular complexity index is 785. The molecule has 130 valence electrons. The molecule has 1 aliphatic heterocycles. The van der Waals surface area contributed by atoms with Crippen LogP contribution in [-0.4, -0.2) is 17.3 Å². The smallest absolute Gasteiger partial charge is 0.323 e. The Morgan fingerprint density at radius 2 is 1.88 bits per heavy atom. The van der Waals surface area contributed by atoms with Gasteiger partial charge in [0, 0.05) is 10.6 Å². The number of rotatable bonds is 4. The number of urea groups is 1. The number of primary amides is 1. The van der Waals surface area contributed by atoms with E-state index < -0.39 is 28.2 Å². The van der Waals surface area contributed by atoms with Crippen molar-refractivity contribution in [3.8, 4) is 0 Å². The largest absolute Gasteiger partial charge is 0.443 e. The summed E-state index contributed by atoms with van der Waals surface area (Å²) in [5.41, 5.74) is 6.93. The van der Waals surface area contributed by atoms with E-state index in [0.29, 0.717) is 5.02 Å². The fourth-order valence-corrected chi connectivity index (χ4v) is 4.31. The van der Waals surface area contributed by atoms with Crippen LogP contribution in [0.4, 0.5) is 4.79 Å². The molecule has 2 aromatic carbocycles. The summed E-state index contributed by atoms with van der Waals surface area (Å²) in [5.74, 6) is -0.398. The lowest BCUT2D eigenvalue weighted by atomic mass is 10.0. The number of ether oxygens (including phenoxy) is 1. The van der Waals surface area contributed by atoms with Gasteiger partial charge in [0.1, 0.15) is 5.25 Å². The molecular weight excluding hydrogens is 360 g/mol. The van der Waals surface area contributed by atoms with Gasteiger partial charge in [0.2, 0.25) is 0 Å². The standard InChI is InChI=1S/C18H17ClN2O3S/c1-18(12-5-3-2-4-6-12)24-16(22)15(25-18)14(21-17(20)23)11-7-9-13(19)10-8-11/h2-10,14-15H,1H3,(H3,20,21,23)/t14-,15?,18?/m1/s1. The summed E-state index contributed by atoms with van der Waals surface area (Å²) in [4.78, 5) is 23.2. The quantitative estimate of drug-likeness (QED) is 0.799. The molecule has 5 nitrogen and oxygen atoms in total. The zero-order valence-electron chi connectivity index (χ0n) is 13.4. The fourth-order valence-electron chi connectivity index (χ4n) is 2.79. The Morgan fingerprint density at radius 1 is 1.24 bits per heavy atom. The van der Waals surface area contributed by atoms with Gasteiger partial charge in [0.25, 0.3) is 0 Å². The number of esters is 1. The van der Waals surface area contributed by atoms with Gasteiger partial charge in [0.15, 0.2) is 4.93 Å². The van der Waals surface area contributed by atoms with E-state index in [1.807, 2.05) is 37.3 Å². The van der Waals surface area contributed by atoms with E-state index in [0.717, 1.165) is 11.1 Å². The molecule has 0 saturated carbocycles. The molecule has 0 aliphatic carbocycles. The van der Waals surface area contributed by atoms with E-state index >= 15 is 0 Å². The number of carbonyl (C=O) groups excluding carboxylic acids is 2. The number of hydrogen-bond acceptors (Lipinski definition) is 4. The summed E-state index contributed by atoms with van der Waals surface area (Å²) < 4.78 is 5.66. The monoisotopic (exact) mass is 376 g/mol. The van der Waals surface area contributed by atoms with Crippen LogP contribution in [0, 0.1) is 0 Å². The Morgan fingerprint density at radius 3 is 2.48 bits per heavy atom. The third-order valence-corrected chi connectivity index (χ3v) is 5.75. The topological polar surface area (TPSA) is 81.4 Å². The van der Waals surface area contributed by atoms with Gasteiger partial charge in [-0.15, -0.1) is 0 Å². The first-order chi connectivity index (χ1) is 11.9. The molecule has 0 bridgehead atoms. The normalized spacial score (nSPS) is 23.8. The lowest BCUT2D eigenvalue weighted by Crippen LogP contribution is -2.40. The maximum absolute atomic E-state index is 12.6. The van der Waals surface area contributed by atoms with Gasteiger partial charge in [0.05, 0.1) is 6.04 Å². The van der Waals surface area contributed by atoms with Gasteiger partial charge in [-0.1, -0.05) is 65.8 Å². The molecule has 0 radical (unpaired) electrons. The molecule has 0 spiro atoms. The molecule has 3 N–H and O–H groups in total. The minimum absolute atomic E-state index is 0.398. The van der Waals surface area contributed by atoms with E-state index in [1.54, 1.807) is 24.3 Å². The van der Waals surface area contributed by atoms with Crippen molar-refractivity contribution in [2.24, 2.45) is 5.73 Å². The average molecular weight is 377 g/mol. The number of nitrogens with one attached hydrogen (secondary N) is 1. The van der Waals surface area contributed by atoms with Gasteiger partial charge < -0.3 is 15.8 Å². The van der Waals surface area contributed by atoms with Gasteiger partial charge in [-0.2, -0.15) is 0 Å². The van der Waals surface area contributed by atoms with Gasteiger partial charge in [-0.3, -0.25) is 4.79 Å². The van der Waals surface area contributed by atoms with Crippen molar-refractivity contribution in [1.29, 1.82) is 0 Å². The van der Waals surface area contributed by atoms with Crippen molar-refractivity contribution in [3.05, 3.63) is 70.7 Å². The summed E-state index contributed by atoms with van der Waals surface area (Å²) >= 11 is 7.28. The van der Waals surface area contributed by atoms with Crippen LogP contribution in [-0.2, 0) is 14.5 Å². The Hall–Kier alpha value is -2.18. The van der Waals surface area contributed by atoms with E-state index in [2.05, 4.69) is 5.32 Å². The predicted octanol–water partition coefficient (Wildman–Crippen LogP) is 3.58. The SMILES string of the molecule is CC1(c2ccccc2)OC(=O)C([C@H](NC(N)=O)c2ccc(Cl)cc2)S1. The molecule has 2 unspecified atom stereocenters. The zero-order valence-corrected chi connectivity index (χ0v) is 15.0. The van der Waals surface area contributed by atoms with Crippen LogP contribution in [0.15, 0.2) is 54.6 Å². The van der Waals surface area contributed by atoms with Crippen molar-refractivity contribution < 1.29 is 14.3 Å². The Balaban J connectivity index is 1.92. The number of benzene rings is 2. The van der Waals surface area contributed by atoms with E-state index in [9.17, 15) is 9.59 Å². The zero-order chi connectivity index (χ0) is 18.0. The Labute approximate surface area is 154 Å². The minimum atomic E-state index is -0.826. The van der Waals surface area contributed by atoms with Crippen LogP contribution in [0.2, 0.25) is 5.02 Å². The van der Waals surface area contributed by atoms with Crippen molar-refractivity contribution in [1.82, 2.24) is 5.32 Å². The Kier molecular flexibility index (Phi) is 4.92. The number of amides is 2. The maximum Gasteiger partial charge on any atom is 0.323 e. The molecule has 25 heavy (non-hydrogen) atoms. The second-order valence-corrected chi connectivity index (χ2v) is 7.77. The van der Waals surface area contributed by atoms with Crippen LogP contribution in [0.5, 0.6) is 0 Å². The third-order valence-electron chi connectivity index (χ3n) is 4.01. The highest BCUT2D eigenvalue weighted by Crippen LogP contribution is 2.49. The number of cyclic esters (lactones) is 1. The molecule has 1 fully saturated rings. The second kappa shape index (κ2) is 6.98. The number of thioether (sulfide) groups is 1. The predicted molar refractivity (Wildman–Crippen MR) is 98.2 cm³/mol. The highest BCUT2D eigenvalue weighted by Gasteiger charge is 2.49. The van der Waals surface area contributed by atoms with Gasteiger partial charge in [-0.05, 0) is 24.6 Å². The number of nitrogens with two attached hydrogens (primary N) is 1. The van der Waals surface area contributed by atoms with Crippen LogP contribution in [0.25, 0.3) is 0 Å². The van der Waals surface area contributed by atoms with Gasteiger partial charge in [-0.25, -0.2) is 4.79 Å². The molecule has 1 saturated heterocycles. The first kappa shape index (κ1) is 17.6.